The van der Waals surface area contributed by atoms with E-state index in [9.17, 15) is 0 Å². The van der Waals surface area contributed by atoms with E-state index >= 15 is 0 Å². The Morgan fingerprint density at radius 3 is 2.88 bits per heavy atom. The molecule has 48 valence electrons. The van der Waals surface area contributed by atoms with Crippen molar-refractivity contribution in [2.75, 3.05) is 0 Å². The second-order valence-electron chi connectivity index (χ2n) is 2.50. The predicted octanol–water partition coefficient (Wildman–Crippen LogP) is 1.92. The summed E-state index contributed by atoms with van der Waals surface area (Å²) in [6, 6.07) is 0.636. The maximum atomic E-state index is 5.38. The SMILES string of the molecule is CCC[C@@H]1C[C@H]1NCl. The molecule has 0 aliphatic heterocycles. The molecule has 0 bridgehead atoms. The molecular formula is C6H12ClN. The molecule has 8 heavy (non-hydrogen) atoms. The summed E-state index contributed by atoms with van der Waals surface area (Å²) in [5, 5.41) is 0. The minimum atomic E-state index is 0.636. The lowest BCUT2D eigenvalue weighted by molar-refractivity contribution is 0.670. The highest BCUT2D eigenvalue weighted by Crippen LogP contribution is 2.34. The zero-order valence-electron chi connectivity index (χ0n) is 5.15. The summed E-state index contributed by atoms with van der Waals surface area (Å²) in [7, 11) is 0. The number of nitrogens with one attached hydrogen (secondary N) is 1. The van der Waals surface area contributed by atoms with E-state index in [1.165, 1.54) is 19.3 Å². The summed E-state index contributed by atoms with van der Waals surface area (Å²) in [5.41, 5.74) is 0. The lowest BCUT2D eigenvalue weighted by atomic mass is 10.2. The zero-order chi connectivity index (χ0) is 5.98. The van der Waals surface area contributed by atoms with Gasteiger partial charge >= 0.3 is 0 Å². The second kappa shape index (κ2) is 2.70. The van der Waals surface area contributed by atoms with E-state index in [0.29, 0.717) is 6.04 Å². The van der Waals surface area contributed by atoms with Gasteiger partial charge in [0.2, 0.25) is 0 Å². The van der Waals surface area contributed by atoms with Crippen molar-refractivity contribution in [1.82, 2.24) is 4.84 Å². The van der Waals surface area contributed by atoms with Gasteiger partial charge in [-0.1, -0.05) is 13.3 Å². The number of halogens is 1. The highest BCUT2D eigenvalue weighted by atomic mass is 35.5. The van der Waals surface area contributed by atoms with Gasteiger partial charge in [-0.15, -0.1) is 0 Å². The number of hydrogen-bond acceptors (Lipinski definition) is 1. The first-order chi connectivity index (χ1) is 3.88. The quantitative estimate of drug-likeness (QED) is 0.580. The third-order valence-electron chi connectivity index (χ3n) is 1.72. The van der Waals surface area contributed by atoms with Crippen LogP contribution < -0.4 is 4.84 Å². The fourth-order valence-electron chi connectivity index (χ4n) is 1.07. The molecular weight excluding hydrogens is 122 g/mol. The van der Waals surface area contributed by atoms with E-state index < -0.39 is 0 Å². The van der Waals surface area contributed by atoms with Crippen LogP contribution in [0.3, 0.4) is 0 Å². The Morgan fingerprint density at radius 2 is 2.50 bits per heavy atom. The molecule has 0 heterocycles. The summed E-state index contributed by atoms with van der Waals surface area (Å²) >= 11 is 5.38. The second-order valence-corrected chi connectivity index (χ2v) is 2.72. The third-order valence-corrected chi connectivity index (χ3v) is 2.00. The molecule has 1 saturated carbocycles. The molecule has 2 heteroatoms. The van der Waals surface area contributed by atoms with Gasteiger partial charge in [-0.3, -0.25) is 0 Å². The molecule has 1 fully saturated rings. The van der Waals surface area contributed by atoms with Gasteiger partial charge in [0.25, 0.3) is 0 Å². The van der Waals surface area contributed by atoms with E-state index in [-0.39, 0.29) is 0 Å². The lowest BCUT2D eigenvalue weighted by Gasteiger charge is -1.90. The van der Waals surface area contributed by atoms with E-state index in [0.717, 1.165) is 5.92 Å². The Balaban J connectivity index is 1.99. The Hall–Kier alpha value is 0.250. The largest absolute Gasteiger partial charge is 0.230 e. The van der Waals surface area contributed by atoms with Crippen LogP contribution in [0.5, 0.6) is 0 Å². The molecule has 1 N–H and O–H groups in total. The Bertz CT molecular complexity index is 74.9. The summed E-state index contributed by atoms with van der Waals surface area (Å²) in [5.74, 6) is 0.887. The van der Waals surface area contributed by atoms with Crippen LogP contribution in [0.2, 0.25) is 0 Å². The minimum absolute atomic E-state index is 0.636. The van der Waals surface area contributed by atoms with Crippen molar-refractivity contribution in [2.45, 2.75) is 32.2 Å². The molecule has 1 aliphatic rings. The summed E-state index contributed by atoms with van der Waals surface area (Å²) in [4.78, 5) is 2.75. The predicted molar refractivity (Wildman–Crippen MR) is 35.8 cm³/mol. The lowest BCUT2D eigenvalue weighted by Crippen LogP contribution is -2.03. The first-order valence-electron chi connectivity index (χ1n) is 3.24. The van der Waals surface area contributed by atoms with E-state index in [2.05, 4.69) is 11.8 Å². The van der Waals surface area contributed by atoms with Crippen LogP contribution in [0, 0.1) is 5.92 Å². The van der Waals surface area contributed by atoms with Crippen molar-refractivity contribution in [3.8, 4) is 0 Å². The van der Waals surface area contributed by atoms with Crippen LogP contribution in [0.25, 0.3) is 0 Å². The molecule has 1 aliphatic carbocycles. The Kier molecular flexibility index (Phi) is 2.15. The normalized spacial score (nSPS) is 35.2. The van der Waals surface area contributed by atoms with E-state index in [1.807, 2.05) is 0 Å². The monoisotopic (exact) mass is 133 g/mol. The van der Waals surface area contributed by atoms with Crippen molar-refractivity contribution < 1.29 is 0 Å². The number of rotatable bonds is 3. The first-order valence-corrected chi connectivity index (χ1v) is 3.62. The average Bonchev–Trinajstić information content (AvgIpc) is 2.48. The van der Waals surface area contributed by atoms with Crippen LogP contribution in [0.1, 0.15) is 26.2 Å². The van der Waals surface area contributed by atoms with Crippen LogP contribution >= 0.6 is 11.8 Å². The standard InChI is InChI=1S/C6H12ClN/c1-2-3-5-4-6(5)8-7/h5-6,8H,2-4H2,1H3/t5-,6-/m1/s1. The molecule has 0 amide bonds. The Labute approximate surface area is 55.5 Å². The zero-order valence-corrected chi connectivity index (χ0v) is 5.91. The van der Waals surface area contributed by atoms with Crippen LogP contribution in [-0.2, 0) is 0 Å². The highest BCUT2D eigenvalue weighted by Gasteiger charge is 2.34. The van der Waals surface area contributed by atoms with Gasteiger partial charge in [-0.25, -0.2) is 4.84 Å². The van der Waals surface area contributed by atoms with Gasteiger partial charge in [0, 0.05) is 6.04 Å². The van der Waals surface area contributed by atoms with Gasteiger partial charge in [-0.2, -0.15) is 0 Å². The van der Waals surface area contributed by atoms with Crippen LogP contribution in [0.15, 0.2) is 0 Å². The molecule has 0 aromatic heterocycles. The average molecular weight is 134 g/mol. The van der Waals surface area contributed by atoms with Crippen molar-refractivity contribution in [3.63, 3.8) is 0 Å². The molecule has 2 atom stereocenters. The van der Waals surface area contributed by atoms with Crippen molar-refractivity contribution in [1.29, 1.82) is 0 Å². The van der Waals surface area contributed by atoms with Crippen LogP contribution in [-0.4, -0.2) is 6.04 Å². The van der Waals surface area contributed by atoms with Crippen LogP contribution in [0.4, 0.5) is 0 Å². The number of hydrogen-bond donors (Lipinski definition) is 1. The summed E-state index contributed by atoms with van der Waals surface area (Å²) in [6.07, 6.45) is 3.92. The van der Waals surface area contributed by atoms with Gasteiger partial charge < -0.3 is 0 Å². The van der Waals surface area contributed by atoms with Crippen molar-refractivity contribution in [2.24, 2.45) is 5.92 Å². The molecule has 0 unspecified atom stereocenters. The van der Waals surface area contributed by atoms with Gasteiger partial charge in [0.15, 0.2) is 0 Å². The van der Waals surface area contributed by atoms with E-state index in [1.54, 1.807) is 0 Å². The fourth-order valence-corrected chi connectivity index (χ4v) is 1.34. The summed E-state index contributed by atoms with van der Waals surface area (Å²) in [6.45, 7) is 2.21. The molecule has 0 spiro atoms. The maximum Gasteiger partial charge on any atom is 0.0253 e. The molecule has 0 radical (unpaired) electrons. The van der Waals surface area contributed by atoms with Crippen molar-refractivity contribution in [3.05, 3.63) is 0 Å². The fraction of sp³-hybridized carbons (Fsp3) is 1.00. The topological polar surface area (TPSA) is 12.0 Å². The maximum absolute atomic E-state index is 5.38. The molecule has 1 nitrogen and oxygen atoms in total. The molecule has 0 saturated heterocycles. The van der Waals surface area contributed by atoms with Gasteiger partial charge in [-0.05, 0) is 30.5 Å². The van der Waals surface area contributed by atoms with Gasteiger partial charge in [0.05, 0.1) is 0 Å². The minimum Gasteiger partial charge on any atom is -0.230 e. The highest BCUT2D eigenvalue weighted by molar-refractivity contribution is 6.13. The molecule has 0 aromatic rings. The first kappa shape index (κ1) is 6.37. The van der Waals surface area contributed by atoms with Crippen molar-refractivity contribution >= 4 is 11.8 Å². The third kappa shape index (κ3) is 1.36. The smallest absolute Gasteiger partial charge is 0.0253 e. The molecule has 1 rings (SSSR count). The van der Waals surface area contributed by atoms with E-state index in [4.69, 9.17) is 11.8 Å². The Morgan fingerprint density at radius 1 is 1.75 bits per heavy atom. The molecule has 0 aromatic carbocycles. The van der Waals surface area contributed by atoms with Gasteiger partial charge in [0.1, 0.15) is 0 Å². The summed E-state index contributed by atoms with van der Waals surface area (Å²) < 4.78 is 0.